The summed E-state index contributed by atoms with van der Waals surface area (Å²) < 4.78 is 18.2. The van der Waals surface area contributed by atoms with Gasteiger partial charge in [0.1, 0.15) is 0 Å². The second-order valence-electron chi connectivity index (χ2n) is 8.19. The highest BCUT2D eigenvalue weighted by atomic mass is 16.9. The van der Waals surface area contributed by atoms with Gasteiger partial charge in [0.15, 0.2) is 0 Å². The zero-order valence-corrected chi connectivity index (χ0v) is 14.8. The van der Waals surface area contributed by atoms with Gasteiger partial charge in [0.05, 0.1) is 12.2 Å². The van der Waals surface area contributed by atoms with E-state index >= 15 is 0 Å². The first-order valence-electron chi connectivity index (χ1n) is 9.92. The normalized spacial score (nSPS) is 31.0. The van der Waals surface area contributed by atoms with Gasteiger partial charge < -0.3 is 14.2 Å². The number of hydrogen-bond acceptors (Lipinski definition) is 4. The number of hydrogen-bond donors (Lipinski definition) is 0. The lowest BCUT2D eigenvalue weighted by atomic mass is 9.99. The van der Waals surface area contributed by atoms with Crippen molar-refractivity contribution < 1.29 is 19.0 Å². The van der Waals surface area contributed by atoms with Gasteiger partial charge in [0.25, 0.3) is 0 Å². The molecule has 4 heteroatoms. The summed E-state index contributed by atoms with van der Waals surface area (Å²) in [5.74, 6) is -0.482. The number of ether oxygens (including phenoxy) is 3. The fraction of sp³-hybridized carbons (Fsp3) is 0.850. The molecule has 0 amide bonds. The predicted molar refractivity (Wildman–Crippen MR) is 90.1 cm³/mol. The SMILES string of the molecule is CC(OC(=O)C1=CC2CCC1C2)(OC1CCCC1)OC1CCCC1. The number of carbonyl (C=O) groups is 1. The summed E-state index contributed by atoms with van der Waals surface area (Å²) in [6.07, 6.45) is 14.8. The van der Waals surface area contributed by atoms with Crippen LogP contribution in [0.2, 0.25) is 0 Å². The Morgan fingerprint density at radius 3 is 2.00 bits per heavy atom. The average molecular weight is 334 g/mol. The number of carbonyl (C=O) groups excluding carboxylic acids is 1. The van der Waals surface area contributed by atoms with Crippen LogP contribution in [0.15, 0.2) is 11.6 Å². The molecule has 0 N–H and O–H groups in total. The third-order valence-corrected chi connectivity index (χ3v) is 6.21. The topological polar surface area (TPSA) is 44.8 Å². The van der Waals surface area contributed by atoms with Crippen molar-refractivity contribution in [3.63, 3.8) is 0 Å². The van der Waals surface area contributed by atoms with Crippen molar-refractivity contribution in [2.45, 2.75) is 95.7 Å². The predicted octanol–water partition coefficient (Wildman–Crippen LogP) is 4.48. The van der Waals surface area contributed by atoms with E-state index in [2.05, 4.69) is 6.08 Å². The van der Waals surface area contributed by atoms with E-state index in [-0.39, 0.29) is 18.2 Å². The molecule has 3 saturated carbocycles. The van der Waals surface area contributed by atoms with Crippen molar-refractivity contribution in [3.05, 3.63) is 11.6 Å². The highest BCUT2D eigenvalue weighted by Crippen LogP contribution is 2.44. The Balaban J connectivity index is 1.44. The van der Waals surface area contributed by atoms with Crippen LogP contribution in [-0.4, -0.2) is 24.2 Å². The Bertz CT molecular complexity index is 482. The van der Waals surface area contributed by atoms with Gasteiger partial charge in [-0.05, 0) is 56.8 Å². The Morgan fingerprint density at radius 1 is 0.958 bits per heavy atom. The largest absolute Gasteiger partial charge is 0.405 e. The van der Waals surface area contributed by atoms with E-state index in [4.69, 9.17) is 14.2 Å². The Kier molecular flexibility index (Phi) is 4.70. The van der Waals surface area contributed by atoms with Gasteiger partial charge in [0.2, 0.25) is 0 Å². The molecule has 134 valence electrons. The van der Waals surface area contributed by atoms with E-state index in [1.807, 2.05) is 0 Å². The fourth-order valence-electron chi connectivity index (χ4n) is 5.00. The third-order valence-electron chi connectivity index (χ3n) is 6.21. The smallest absolute Gasteiger partial charge is 0.338 e. The molecule has 4 rings (SSSR count). The Morgan fingerprint density at radius 2 is 1.54 bits per heavy atom. The lowest BCUT2D eigenvalue weighted by Gasteiger charge is -2.34. The van der Waals surface area contributed by atoms with Crippen LogP contribution < -0.4 is 0 Å². The second kappa shape index (κ2) is 6.80. The van der Waals surface area contributed by atoms with E-state index in [1.54, 1.807) is 6.92 Å². The van der Waals surface area contributed by atoms with Gasteiger partial charge in [-0.15, -0.1) is 0 Å². The van der Waals surface area contributed by atoms with Crippen molar-refractivity contribution in [3.8, 4) is 0 Å². The summed E-state index contributed by atoms with van der Waals surface area (Å²) in [4.78, 5) is 12.7. The zero-order valence-electron chi connectivity index (χ0n) is 14.8. The van der Waals surface area contributed by atoms with Gasteiger partial charge in [-0.1, -0.05) is 31.8 Å². The monoisotopic (exact) mass is 334 g/mol. The van der Waals surface area contributed by atoms with E-state index in [0.717, 1.165) is 44.1 Å². The van der Waals surface area contributed by atoms with Crippen LogP contribution in [0.25, 0.3) is 0 Å². The molecule has 0 spiro atoms. The van der Waals surface area contributed by atoms with Crippen LogP contribution >= 0.6 is 0 Å². The molecule has 2 unspecified atom stereocenters. The molecule has 0 saturated heterocycles. The molecule has 4 nitrogen and oxygen atoms in total. The minimum absolute atomic E-state index is 0.151. The number of esters is 1. The molecular weight excluding hydrogens is 304 g/mol. The molecule has 24 heavy (non-hydrogen) atoms. The molecule has 4 aliphatic rings. The minimum Gasteiger partial charge on any atom is -0.405 e. The van der Waals surface area contributed by atoms with Crippen LogP contribution in [-0.2, 0) is 19.0 Å². The quantitative estimate of drug-likeness (QED) is 0.531. The van der Waals surface area contributed by atoms with Gasteiger partial charge in [-0.25, -0.2) is 4.79 Å². The molecule has 3 fully saturated rings. The molecule has 0 aromatic rings. The van der Waals surface area contributed by atoms with Gasteiger partial charge >= 0.3 is 11.9 Å². The minimum atomic E-state index is -1.23. The van der Waals surface area contributed by atoms with Gasteiger partial charge in [0, 0.05) is 12.5 Å². The molecule has 0 aromatic carbocycles. The van der Waals surface area contributed by atoms with Crippen LogP contribution in [0.3, 0.4) is 0 Å². The van der Waals surface area contributed by atoms with Crippen LogP contribution in [0, 0.1) is 11.8 Å². The zero-order chi connectivity index (χ0) is 16.6. The highest BCUT2D eigenvalue weighted by molar-refractivity contribution is 5.90. The van der Waals surface area contributed by atoms with Crippen molar-refractivity contribution in [1.29, 1.82) is 0 Å². The van der Waals surface area contributed by atoms with Crippen molar-refractivity contribution in [2.24, 2.45) is 11.8 Å². The van der Waals surface area contributed by atoms with Crippen molar-refractivity contribution in [1.82, 2.24) is 0 Å². The lowest BCUT2D eigenvalue weighted by Crippen LogP contribution is -2.43. The first-order valence-corrected chi connectivity index (χ1v) is 9.92. The third kappa shape index (κ3) is 3.55. The number of fused-ring (bicyclic) bond motifs is 2. The first-order chi connectivity index (χ1) is 11.6. The number of allylic oxidation sites excluding steroid dienone is 1. The lowest BCUT2D eigenvalue weighted by molar-refractivity contribution is -0.377. The summed E-state index contributed by atoms with van der Waals surface area (Å²) in [6.45, 7) is 1.80. The molecule has 0 radical (unpaired) electrons. The number of rotatable bonds is 6. The summed E-state index contributed by atoms with van der Waals surface area (Å²) in [5, 5.41) is 0. The molecular formula is C20H30O4. The maximum absolute atomic E-state index is 12.7. The average Bonchev–Trinajstić information content (AvgIpc) is 3.32. The Labute approximate surface area is 144 Å². The van der Waals surface area contributed by atoms with Crippen LogP contribution in [0.5, 0.6) is 0 Å². The summed E-state index contributed by atoms with van der Waals surface area (Å²) in [7, 11) is 0. The first kappa shape index (κ1) is 16.6. The molecule has 0 aromatic heterocycles. The Hall–Kier alpha value is -0.870. The summed E-state index contributed by atoms with van der Waals surface area (Å²) >= 11 is 0. The molecule has 2 atom stereocenters. The van der Waals surface area contributed by atoms with Gasteiger partial charge in [-0.3, -0.25) is 0 Å². The maximum Gasteiger partial charge on any atom is 0.338 e. The standard InChI is InChI=1S/C20H30O4/c1-20(22-16-6-2-3-7-16,23-17-8-4-5-9-17)24-19(21)18-13-14-10-11-15(18)12-14/h13-17H,2-12H2,1H3. The van der Waals surface area contributed by atoms with Crippen molar-refractivity contribution >= 4 is 5.97 Å². The second-order valence-corrected chi connectivity index (χ2v) is 8.19. The van der Waals surface area contributed by atoms with E-state index in [0.29, 0.717) is 11.8 Å². The molecule has 4 aliphatic carbocycles. The van der Waals surface area contributed by atoms with E-state index in [1.165, 1.54) is 32.1 Å². The van der Waals surface area contributed by atoms with E-state index in [9.17, 15) is 4.79 Å². The summed E-state index contributed by atoms with van der Waals surface area (Å²) in [5.41, 5.74) is 0.863. The molecule has 2 bridgehead atoms. The fourth-order valence-corrected chi connectivity index (χ4v) is 5.00. The molecule has 0 heterocycles. The highest BCUT2D eigenvalue weighted by Gasteiger charge is 2.42. The maximum atomic E-state index is 12.7. The van der Waals surface area contributed by atoms with E-state index < -0.39 is 5.97 Å². The van der Waals surface area contributed by atoms with Gasteiger partial charge in [-0.2, -0.15) is 0 Å². The van der Waals surface area contributed by atoms with Crippen molar-refractivity contribution in [2.75, 3.05) is 0 Å². The summed E-state index contributed by atoms with van der Waals surface area (Å²) in [6, 6.07) is 0. The van der Waals surface area contributed by atoms with Crippen LogP contribution in [0.1, 0.15) is 77.6 Å². The van der Waals surface area contributed by atoms with Crippen LogP contribution in [0.4, 0.5) is 0 Å². The molecule has 0 aliphatic heterocycles.